The molecule has 7 rings (SSSR count). The fourth-order valence-corrected chi connectivity index (χ4v) is 6.21. The van der Waals surface area contributed by atoms with Crippen LogP contribution in [-0.4, -0.2) is 18.2 Å². The summed E-state index contributed by atoms with van der Waals surface area (Å²) in [6.45, 7) is 2.04. The molecule has 0 unspecified atom stereocenters. The van der Waals surface area contributed by atoms with Gasteiger partial charge in [0, 0.05) is 52.2 Å². The van der Waals surface area contributed by atoms with E-state index in [0.717, 1.165) is 75.8 Å². The van der Waals surface area contributed by atoms with Crippen molar-refractivity contribution >= 4 is 40.5 Å². The van der Waals surface area contributed by atoms with E-state index in [9.17, 15) is 10.4 Å². The highest BCUT2D eigenvalue weighted by atomic mass is 16.3. The second-order valence-electron chi connectivity index (χ2n) is 10.2. The van der Waals surface area contributed by atoms with Gasteiger partial charge in [-0.2, -0.15) is 5.26 Å². The summed E-state index contributed by atoms with van der Waals surface area (Å²) in [6, 6.07) is 18.7. The van der Waals surface area contributed by atoms with Crippen molar-refractivity contribution in [2.75, 3.05) is 28.2 Å². The topological polar surface area (TPSA) is 62.5 Å². The van der Waals surface area contributed by atoms with E-state index in [1.165, 1.54) is 30.5 Å². The lowest BCUT2D eigenvalue weighted by atomic mass is 9.82. The Balaban J connectivity index is 1.38. The minimum Gasteiger partial charge on any atom is -0.508 e. The lowest BCUT2D eigenvalue weighted by Gasteiger charge is -2.34. The normalized spacial score (nSPS) is 17.4. The number of hydrogen-bond acceptors (Lipinski definition) is 5. The van der Waals surface area contributed by atoms with Gasteiger partial charge in [-0.15, -0.1) is 0 Å². The van der Waals surface area contributed by atoms with Crippen LogP contribution in [0.4, 0.5) is 22.7 Å². The molecule has 0 spiro atoms. The summed E-state index contributed by atoms with van der Waals surface area (Å²) in [5.41, 5.74) is 9.76. The largest absolute Gasteiger partial charge is 0.508 e. The number of hydrogen-bond donors (Lipinski definition) is 2. The Morgan fingerprint density at radius 1 is 0.892 bits per heavy atom. The zero-order valence-electron chi connectivity index (χ0n) is 20.7. The lowest BCUT2D eigenvalue weighted by Crippen LogP contribution is -2.31. The number of aromatic hydroxyl groups is 1. The Morgan fingerprint density at radius 2 is 1.70 bits per heavy atom. The van der Waals surface area contributed by atoms with Crippen LogP contribution in [0.25, 0.3) is 17.7 Å². The molecule has 0 atom stereocenters. The third-order valence-electron chi connectivity index (χ3n) is 8.01. The number of anilines is 4. The van der Waals surface area contributed by atoms with Crippen LogP contribution in [0.15, 0.2) is 66.5 Å². The summed E-state index contributed by atoms with van der Waals surface area (Å²) < 4.78 is 0. The third-order valence-corrected chi connectivity index (χ3v) is 8.01. The van der Waals surface area contributed by atoms with Gasteiger partial charge in [-0.05, 0) is 80.2 Å². The van der Waals surface area contributed by atoms with Crippen molar-refractivity contribution in [2.45, 2.75) is 32.1 Å². The van der Waals surface area contributed by atoms with E-state index in [2.05, 4.69) is 69.9 Å². The SMILES string of the molecule is N#Cc1c(N2CCCCC2)ccc2c1C1=C(CC2)Nc2c3c(ccc2=C1)=CC=CN3c1ccc(O)cc1. The van der Waals surface area contributed by atoms with E-state index in [1.807, 2.05) is 12.1 Å². The highest BCUT2D eigenvalue weighted by molar-refractivity contribution is 6.01. The number of allylic oxidation sites excluding steroid dienone is 3. The number of benzene rings is 3. The maximum absolute atomic E-state index is 10.4. The molecule has 3 heterocycles. The van der Waals surface area contributed by atoms with E-state index in [4.69, 9.17) is 0 Å². The molecule has 182 valence electrons. The highest BCUT2D eigenvalue weighted by Gasteiger charge is 2.28. The standard InChI is InChI=1S/C32H28N4O/c33-20-27-29(35-16-2-1-3-17-35)15-9-21-8-14-28-26(30(21)27)19-23-7-6-22-5-4-18-36(32(22)31(23)34-28)24-10-12-25(37)13-11-24/h4-7,9-13,15,18-19,34,37H,1-3,8,14,16-17H2. The second-order valence-corrected chi connectivity index (χ2v) is 10.2. The van der Waals surface area contributed by atoms with Crippen molar-refractivity contribution < 1.29 is 5.11 Å². The molecule has 0 saturated carbocycles. The minimum absolute atomic E-state index is 0.256. The van der Waals surface area contributed by atoms with E-state index in [0.29, 0.717) is 0 Å². The van der Waals surface area contributed by atoms with Crippen molar-refractivity contribution in [3.8, 4) is 11.8 Å². The molecule has 5 nitrogen and oxygen atoms in total. The molecule has 1 fully saturated rings. The number of piperidine rings is 1. The predicted octanol–water partition coefficient (Wildman–Crippen LogP) is 5.26. The zero-order chi connectivity index (χ0) is 24.9. The maximum Gasteiger partial charge on any atom is 0.115 e. The number of nitriles is 1. The van der Waals surface area contributed by atoms with Gasteiger partial charge in [0.25, 0.3) is 0 Å². The first-order valence-corrected chi connectivity index (χ1v) is 13.1. The molecule has 0 amide bonds. The Morgan fingerprint density at radius 3 is 2.51 bits per heavy atom. The summed E-state index contributed by atoms with van der Waals surface area (Å²) in [7, 11) is 0. The average molecular weight is 485 g/mol. The Labute approximate surface area is 216 Å². The highest BCUT2D eigenvalue weighted by Crippen LogP contribution is 2.42. The van der Waals surface area contributed by atoms with E-state index < -0.39 is 0 Å². The van der Waals surface area contributed by atoms with Gasteiger partial charge in [-0.25, -0.2) is 0 Å². The molecule has 0 aromatic heterocycles. The molecular weight excluding hydrogens is 456 g/mol. The molecule has 5 heteroatoms. The summed E-state index contributed by atoms with van der Waals surface area (Å²) >= 11 is 0. The first-order chi connectivity index (χ1) is 18.2. The molecular formula is C32H28N4O. The molecule has 37 heavy (non-hydrogen) atoms. The van der Waals surface area contributed by atoms with Gasteiger partial charge in [-0.1, -0.05) is 24.3 Å². The molecule has 1 aliphatic carbocycles. The third kappa shape index (κ3) is 3.52. The van der Waals surface area contributed by atoms with Crippen LogP contribution in [0.1, 0.15) is 42.4 Å². The molecule has 0 bridgehead atoms. The van der Waals surface area contributed by atoms with Crippen molar-refractivity contribution in [2.24, 2.45) is 0 Å². The van der Waals surface area contributed by atoms with Crippen molar-refractivity contribution in [1.29, 1.82) is 5.26 Å². The Hall–Kier alpha value is -4.43. The zero-order valence-corrected chi connectivity index (χ0v) is 20.7. The van der Waals surface area contributed by atoms with Gasteiger partial charge >= 0.3 is 0 Å². The van der Waals surface area contributed by atoms with Crippen LogP contribution < -0.4 is 25.6 Å². The lowest BCUT2D eigenvalue weighted by molar-refractivity contribution is 0.475. The number of rotatable bonds is 2. The summed E-state index contributed by atoms with van der Waals surface area (Å²) in [5.74, 6) is 0.256. The smallest absolute Gasteiger partial charge is 0.115 e. The van der Waals surface area contributed by atoms with Gasteiger partial charge in [0.15, 0.2) is 0 Å². The molecule has 4 aliphatic rings. The average Bonchev–Trinajstić information content (AvgIpc) is 2.96. The first-order valence-electron chi connectivity index (χ1n) is 13.1. The van der Waals surface area contributed by atoms with Crippen LogP contribution in [-0.2, 0) is 6.42 Å². The van der Waals surface area contributed by atoms with Crippen LogP contribution in [0.3, 0.4) is 0 Å². The second kappa shape index (κ2) is 8.60. The van der Waals surface area contributed by atoms with Gasteiger partial charge in [0.1, 0.15) is 11.8 Å². The van der Waals surface area contributed by atoms with Gasteiger partial charge in [-0.3, -0.25) is 0 Å². The van der Waals surface area contributed by atoms with Gasteiger partial charge in [0.2, 0.25) is 0 Å². The molecule has 1 saturated heterocycles. The number of phenolic OH excluding ortho intramolecular Hbond substituents is 1. The predicted molar refractivity (Wildman–Crippen MR) is 150 cm³/mol. The van der Waals surface area contributed by atoms with Crippen molar-refractivity contribution in [1.82, 2.24) is 0 Å². The molecule has 3 aromatic rings. The minimum atomic E-state index is 0.256. The van der Waals surface area contributed by atoms with Crippen LogP contribution in [0.2, 0.25) is 0 Å². The Kier molecular flexibility index (Phi) is 5.07. The van der Waals surface area contributed by atoms with Crippen LogP contribution >= 0.6 is 0 Å². The maximum atomic E-state index is 10.4. The summed E-state index contributed by atoms with van der Waals surface area (Å²) in [4.78, 5) is 4.57. The van der Waals surface area contributed by atoms with E-state index in [-0.39, 0.29) is 5.75 Å². The quantitative estimate of drug-likeness (QED) is 0.519. The monoisotopic (exact) mass is 484 g/mol. The fourth-order valence-electron chi connectivity index (χ4n) is 6.21. The molecule has 0 radical (unpaired) electrons. The fraction of sp³-hybridized carbons (Fsp3) is 0.219. The van der Waals surface area contributed by atoms with Crippen molar-refractivity contribution in [3.63, 3.8) is 0 Å². The number of nitrogens with zero attached hydrogens (tertiary/aromatic N) is 3. The van der Waals surface area contributed by atoms with Gasteiger partial charge < -0.3 is 20.2 Å². The number of nitrogens with one attached hydrogen (secondary N) is 1. The molecule has 3 aromatic carbocycles. The van der Waals surface area contributed by atoms with E-state index in [1.54, 1.807) is 12.1 Å². The number of phenols is 1. The number of aryl methyl sites for hydroxylation is 1. The Bertz CT molecular complexity index is 1650. The van der Waals surface area contributed by atoms with Gasteiger partial charge in [0.05, 0.1) is 22.6 Å². The molecule has 2 N–H and O–H groups in total. The first kappa shape index (κ1) is 21.8. The molecule has 3 aliphatic heterocycles. The van der Waals surface area contributed by atoms with Crippen LogP contribution in [0, 0.1) is 11.3 Å². The van der Waals surface area contributed by atoms with Crippen molar-refractivity contribution in [3.05, 3.63) is 93.6 Å². The number of fused-ring (bicyclic) bond motifs is 5. The summed E-state index contributed by atoms with van der Waals surface area (Å²) in [6.07, 6.45) is 14.0. The van der Waals surface area contributed by atoms with Crippen LogP contribution in [0.5, 0.6) is 5.75 Å². The summed E-state index contributed by atoms with van der Waals surface area (Å²) in [5, 5.41) is 26.2. The van der Waals surface area contributed by atoms with E-state index >= 15 is 0 Å².